The average molecular weight is 309 g/mol. The molecule has 4 atom stereocenters. The van der Waals surface area contributed by atoms with E-state index in [-0.39, 0.29) is 36.4 Å². The van der Waals surface area contributed by atoms with Gasteiger partial charge < -0.3 is 20.3 Å². The molecule has 0 unspecified atom stereocenters. The van der Waals surface area contributed by atoms with Crippen LogP contribution in [-0.2, 0) is 14.3 Å². The number of esters is 1. The van der Waals surface area contributed by atoms with Crippen molar-refractivity contribution in [3.8, 4) is 0 Å². The summed E-state index contributed by atoms with van der Waals surface area (Å²) in [6, 6.07) is -0.342. The second kappa shape index (κ2) is 6.14. The zero-order chi connectivity index (χ0) is 15.7. The highest BCUT2D eigenvalue weighted by Crippen LogP contribution is 2.48. The summed E-state index contributed by atoms with van der Waals surface area (Å²) >= 11 is 0. The minimum atomic E-state index is -0.233. The molecule has 7 heteroatoms. The molecule has 3 amide bonds. The fourth-order valence-corrected chi connectivity index (χ4v) is 4.21. The van der Waals surface area contributed by atoms with Gasteiger partial charge in [-0.25, -0.2) is 4.79 Å². The molecule has 122 valence electrons. The van der Waals surface area contributed by atoms with Crippen LogP contribution in [0.15, 0.2) is 0 Å². The van der Waals surface area contributed by atoms with E-state index in [4.69, 9.17) is 4.74 Å². The Morgan fingerprint density at radius 2 is 2.14 bits per heavy atom. The molecular weight excluding hydrogens is 286 g/mol. The van der Waals surface area contributed by atoms with Crippen LogP contribution in [0.2, 0.25) is 0 Å². The summed E-state index contributed by atoms with van der Waals surface area (Å²) in [6.45, 7) is 1.30. The fourth-order valence-electron chi connectivity index (χ4n) is 4.21. The quantitative estimate of drug-likeness (QED) is 0.721. The number of fused-ring (bicyclic) bond motifs is 2. The molecular formula is C15H23N3O4. The van der Waals surface area contributed by atoms with E-state index < -0.39 is 0 Å². The summed E-state index contributed by atoms with van der Waals surface area (Å²) in [7, 11) is 1.39. The molecule has 2 saturated carbocycles. The predicted octanol–water partition coefficient (Wildman–Crippen LogP) is 0.106. The first kappa shape index (κ1) is 15.1. The molecule has 0 radical (unpaired) electrons. The number of hydrogen-bond acceptors (Lipinski definition) is 4. The van der Waals surface area contributed by atoms with E-state index in [9.17, 15) is 14.4 Å². The predicted molar refractivity (Wildman–Crippen MR) is 77.9 cm³/mol. The number of methoxy groups -OCH3 is 1. The molecule has 0 aromatic rings. The van der Waals surface area contributed by atoms with Gasteiger partial charge in [-0.1, -0.05) is 0 Å². The number of rotatable bonds is 4. The zero-order valence-electron chi connectivity index (χ0n) is 12.8. The van der Waals surface area contributed by atoms with Crippen LogP contribution < -0.4 is 10.6 Å². The van der Waals surface area contributed by atoms with Gasteiger partial charge in [0.2, 0.25) is 5.91 Å². The number of carbonyl (C=O) groups is 3. The molecule has 22 heavy (non-hydrogen) atoms. The molecule has 2 bridgehead atoms. The molecule has 1 heterocycles. The molecule has 3 aliphatic rings. The first-order valence-electron chi connectivity index (χ1n) is 8.00. The molecule has 0 aromatic heterocycles. The number of ether oxygens (including phenoxy) is 1. The number of nitrogens with zero attached hydrogens (tertiary/aromatic N) is 1. The molecule has 3 rings (SSSR count). The van der Waals surface area contributed by atoms with Crippen LogP contribution in [0.4, 0.5) is 4.79 Å². The monoisotopic (exact) mass is 309 g/mol. The van der Waals surface area contributed by atoms with E-state index in [0.29, 0.717) is 24.9 Å². The van der Waals surface area contributed by atoms with Gasteiger partial charge in [-0.3, -0.25) is 9.59 Å². The molecule has 2 N–H and O–H groups in total. The SMILES string of the molecule is COC(=O)[C@H]1[C@H]2CC[C@@H](C2)[C@@H]1NC(=O)CN1CCCNC1=O. The highest BCUT2D eigenvalue weighted by molar-refractivity contribution is 5.85. The summed E-state index contributed by atoms with van der Waals surface area (Å²) < 4.78 is 4.90. The number of urea groups is 1. The topological polar surface area (TPSA) is 87.7 Å². The third-order valence-corrected chi connectivity index (χ3v) is 5.22. The summed E-state index contributed by atoms with van der Waals surface area (Å²) in [5, 5.41) is 5.71. The zero-order valence-corrected chi connectivity index (χ0v) is 12.8. The van der Waals surface area contributed by atoms with Crippen molar-refractivity contribution in [3.63, 3.8) is 0 Å². The Balaban J connectivity index is 1.60. The Kier molecular flexibility index (Phi) is 4.22. The van der Waals surface area contributed by atoms with Crippen LogP contribution in [0, 0.1) is 17.8 Å². The van der Waals surface area contributed by atoms with Crippen molar-refractivity contribution in [1.29, 1.82) is 0 Å². The van der Waals surface area contributed by atoms with Crippen LogP contribution >= 0.6 is 0 Å². The van der Waals surface area contributed by atoms with Crippen molar-refractivity contribution in [1.82, 2.24) is 15.5 Å². The second-order valence-electron chi connectivity index (χ2n) is 6.48. The molecule has 0 aromatic carbocycles. The summed E-state index contributed by atoms with van der Waals surface area (Å²) in [5.74, 6) is 0.0221. The van der Waals surface area contributed by atoms with Gasteiger partial charge in [-0.05, 0) is 37.5 Å². The molecule has 0 spiro atoms. The van der Waals surface area contributed by atoms with Crippen LogP contribution in [0.1, 0.15) is 25.7 Å². The lowest BCUT2D eigenvalue weighted by molar-refractivity contribution is -0.148. The van der Waals surface area contributed by atoms with Crippen LogP contribution in [0.3, 0.4) is 0 Å². The highest BCUT2D eigenvalue weighted by atomic mass is 16.5. The molecule has 2 aliphatic carbocycles. The molecule has 3 fully saturated rings. The van der Waals surface area contributed by atoms with Gasteiger partial charge in [0.25, 0.3) is 0 Å². The highest BCUT2D eigenvalue weighted by Gasteiger charge is 2.52. The van der Waals surface area contributed by atoms with E-state index in [1.165, 1.54) is 12.0 Å². The average Bonchev–Trinajstić information content (AvgIpc) is 3.10. The van der Waals surface area contributed by atoms with Crippen molar-refractivity contribution >= 4 is 17.9 Å². The molecule has 1 saturated heterocycles. The lowest BCUT2D eigenvalue weighted by Crippen LogP contribution is -2.53. The van der Waals surface area contributed by atoms with Crippen LogP contribution in [-0.4, -0.2) is 55.6 Å². The Morgan fingerprint density at radius 3 is 2.86 bits per heavy atom. The van der Waals surface area contributed by atoms with E-state index in [2.05, 4.69) is 10.6 Å². The first-order valence-corrected chi connectivity index (χ1v) is 8.00. The smallest absolute Gasteiger partial charge is 0.317 e. The normalized spacial score (nSPS) is 33.5. The van der Waals surface area contributed by atoms with E-state index in [1.807, 2.05) is 0 Å². The number of nitrogens with one attached hydrogen (secondary N) is 2. The van der Waals surface area contributed by atoms with Gasteiger partial charge in [0.05, 0.1) is 13.0 Å². The van der Waals surface area contributed by atoms with Crippen LogP contribution in [0.25, 0.3) is 0 Å². The fraction of sp³-hybridized carbons (Fsp3) is 0.800. The maximum Gasteiger partial charge on any atom is 0.317 e. The molecule has 7 nitrogen and oxygen atoms in total. The van der Waals surface area contributed by atoms with Crippen molar-refractivity contribution in [2.75, 3.05) is 26.7 Å². The second-order valence-corrected chi connectivity index (χ2v) is 6.48. The van der Waals surface area contributed by atoms with Gasteiger partial charge in [-0.2, -0.15) is 0 Å². The Labute approximate surface area is 129 Å². The Bertz CT molecular complexity index is 481. The summed E-state index contributed by atoms with van der Waals surface area (Å²) in [5.41, 5.74) is 0. The standard InChI is InChI=1S/C15H23N3O4/c1-22-14(20)12-9-3-4-10(7-9)13(12)17-11(19)8-18-6-2-5-16-15(18)21/h9-10,12-13H,2-8H2,1H3,(H,16,21)(H,17,19)/t9-,10-,12-,13-/m0/s1. The maximum absolute atomic E-state index is 12.3. The van der Waals surface area contributed by atoms with Gasteiger partial charge in [0.1, 0.15) is 6.54 Å². The van der Waals surface area contributed by atoms with Gasteiger partial charge in [0, 0.05) is 19.1 Å². The third-order valence-electron chi connectivity index (χ3n) is 5.22. The van der Waals surface area contributed by atoms with Gasteiger partial charge in [-0.15, -0.1) is 0 Å². The molecule has 1 aliphatic heterocycles. The van der Waals surface area contributed by atoms with E-state index >= 15 is 0 Å². The van der Waals surface area contributed by atoms with Crippen molar-refractivity contribution in [2.45, 2.75) is 31.7 Å². The number of hydrogen-bond donors (Lipinski definition) is 2. The van der Waals surface area contributed by atoms with E-state index in [0.717, 1.165) is 25.7 Å². The van der Waals surface area contributed by atoms with Crippen molar-refractivity contribution in [3.05, 3.63) is 0 Å². The van der Waals surface area contributed by atoms with Crippen molar-refractivity contribution in [2.24, 2.45) is 17.8 Å². The maximum atomic E-state index is 12.3. The van der Waals surface area contributed by atoms with Crippen LogP contribution in [0.5, 0.6) is 0 Å². The lowest BCUT2D eigenvalue weighted by atomic mass is 9.84. The summed E-state index contributed by atoms with van der Waals surface area (Å²) in [6.07, 6.45) is 3.91. The third kappa shape index (κ3) is 2.76. The Morgan fingerprint density at radius 1 is 1.36 bits per heavy atom. The lowest BCUT2D eigenvalue weighted by Gasteiger charge is -2.31. The van der Waals surface area contributed by atoms with E-state index in [1.54, 1.807) is 0 Å². The largest absolute Gasteiger partial charge is 0.469 e. The first-order chi connectivity index (χ1) is 10.6. The van der Waals surface area contributed by atoms with Gasteiger partial charge in [0.15, 0.2) is 0 Å². The summed E-state index contributed by atoms with van der Waals surface area (Å²) in [4.78, 5) is 37.4. The number of amides is 3. The van der Waals surface area contributed by atoms with Crippen molar-refractivity contribution < 1.29 is 19.1 Å². The van der Waals surface area contributed by atoms with Gasteiger partial charge >= 0.3 is 12.0 Å². The minimum Gasteiger partial charge on any atom is -0.469 e. The minimum absolute atomic E-state index is 0.0492. The Hall–Kier alpha value is -1.79. The number of carbonyl (C=O) groups excluding carboxylic acids is 3.